The van der Waals surface area contributed by atoms with Gasteiger partial charge in [0.15, 0.2) is 0 Å². The van der Waals surface area contributed by atoms with Crippen molar-refractivity contribution < 1.29 is 4.74 Å². The minimum absolute atomic E-state index is 0.0677. The molecule has 0 aliphatic carbocycles. The highest BCUT2D eigenvalue weighted by molar-refractivity contribution is 5.36. The largest absolute Gasteiger partial charge is 0.494 e. The van der Waals surface area contributed by atoms with E-state index in [-0.39, 0.29) is 6.04 Å². The number of benzene rings is 1. The second-order valence-corrected chi connectivity index (χ2v) is 4.25. The Labute approximate surface area is 104 Å². The van der Waals surface area contributed by atoms with Crippen molar-refractivity contribution in [1.82, 2.24) is 4.90 Å². The lowest BCUT2D eigenvalue weighted by atomic mass is 10.1. The fourth-order valence-corrected chi connectivity index (χ4v) is 1.65. The first-order chi connectivity index (χ1) is 8.08. The van der Waals surface area contributed by atoms with Crippen LogP contribution in [0.15, 0.2) is 18.2 Å². The summed E-state index contributed by atoms with van der Waals surface area (Å²) in [5.41, 5.74) is 2.35. The minimum atomic E-state index is -0.0677. The predicted octanol–water partition coefficient (Wildman–Crippen LogP) is 2.74. The molecule has 0 amide bonds. The molecule has 1 rings (SSSR count). The van der Waals surface area contributed by atoms with Crippen LogP contribution in [0, 0.1) is 18.3 Å². The van der Waals surface area contributed by atoms with Crippen LogP contribution in [0.3, 0.4) is 0 Å². The second-order valence-electron chi connectivity index (χ2n) is 4.25. The monoisotopic (exact) mass is 232 g/mol. The van der Waals surface area contributed by atoms with Crippen molar-refractivity contribution in [2.24, 2.45) is 0 Å². The molecule has 0 aliphatic heterocycles. The van der Waals surface area contributed by atoms with Crippen LogP contribution in [0.5, 0.6) is 5.75 Å². The molecule has 1 atom stereocenters. The van der Waals surface area contributed by atoms with Gasteiger partial charge >= 0.3 is 0 Å². The summed E-state index contributed by atoms with van der Waals surface area (Å²) >= 11 is 0. The number of rotatable bonds is 5. The summed E-state index contributed by atoms with van der Waals surface area (Å²) in [5, 5.41) is 8.84. The van der Waals surface area contributed by atoms with E-state index in [4.69, 9.17) is 10.00 Å². The van der Waals surface area contributed by atoms with Crippen molar-refractivity contribution in [1.29, 1.82) is 5.26 Å². The van der Waals surface area contributed by atoms with Crippen molar-refractivity contribution in [2.75, 3.05) is 13.7 Å². The average molecular weight is 232 g/mol. The molecule has 17 heavy (non-hydrogen) atoms. The van der Waals surface area contributed by atoms with Gasteiger partial charge in [0.2, 0.25) is 0 Å². The van der Waals surface area contributed by atoms with Crippen molar-refractivity contribution in [3.05, 3.63) is 29.3 Å². The number of aryl methyl sites for hydroxylation is 1. The Bertz CT molecular complexity index is 409. The lowest BCUT2D eigenvalue weighted by Gasteiger charge is -2.19. The fraction of sp³-hybridized carbons (Fsp3) is 0.500. The molecule has 0 aromatic heterocycles. The van der Waals surface area contributed by atoms with Crippen molar-refractivity contribution in [3.8, 4) is 11.8 Å². The molecule has 0 radical (unpaired) electrons. The third kappa shape index (κ3) is 3.76. The molecule has 0 N–H and O–H groups in total. The van der Waals surface area contributed by atoms with E-state index in [0.29, 0.717) is 6.61 Å². The van der Waals surface area contributed by atoms with Gasteiger partial charge in [-0.3, -0.25) is 4.90 Å². The molecule has 0 heterocycles. The number of hydrogen-bond acceptors (Lipinski definition) is 3. The van der Waals surface area contributed by atoms with E-state index in [1.165, 1.54) is 5.56 Å². The SMILES string of the molecule is CCOc1ccc(CN(C)C(C)C#N)cc1C. The van der Waals surface area contributed by atoms with Crippen LogP contribution in [-0.2, 0) is 6.54 Å². The first-order valence-electron chi connectivity index (χ1n) is 5.90. The Morgan fingerprint density at radius 3 is 2.71 bits per heavy atom. The van der Waals surface area contributed by atoms with Crippen LogP contribution in [-0.4, -0.2) is 24.6 Å². The zero-order chi connectivity index (χ0) is 12.8. The third-order valence-corrected chi connectivity index (χ3v) is 2.82. The van der Waals surface area contributed by atoms with Gasteiger partial charge in [-0.2, -0.15) is 5.26 Å². The van der Waals surface area contributed by atoms with Crippen molar-refractivity contribution in [3.63, 3.8) is 0 Å². The standard InChI is InChI=1S/C14H20N2O/c1-5-17-14-7-6-13(8-11(14)2)10-16(4)12(3)9-15/h6-8,12H,5,10H2,1-4H3. The highest BCUT2D eigenvalue weighted by Crippen LogP contribution is 2.20. The first kappa shape index (κ1) is 13.5. The molecule has 1 aromatic rings. The number of nitriles is 1. The summed E-state index contributed by atoms with van der Waals surface area (Å²) in [5.74, 6) is 0.937. The number of nitrogens with zero attached hydrogens (tertiary/aromatic N) is 2. The lowest BCUT2D eigenvalue weighted by molar-refractivity contribution is 0.294. The third-order valence-electron chi connectivity index (χ3n) is 2.82. The van der Waals surface area contributed by atoms with Gasteiger partial charge in [0.1, 0.15) is 5.75 Å². The maximum Gasteiger partial charge on any atom is 0.122 e. The van der Waals surface area contributed by atoms with E-state index < -0.39 is 0 Å². The van der Waals surface area contributed by atoms with Crippen LogP contribution in [0.4, 0.5) is 0 Å². The van der Waals surface area contributed by atoms with Gasteiger partial charge in [-0.15, -0.1) is 0 Å². The minimum Gasteiger partial charge on any atom is -0.494 e. The van der Waals surface area contributed by atoms with E-state index in [1.54, 1.807) is 0 Å². The molecule has 92 valence electrons. The molecule has 3 heteroatoms. The van der Waals surface area contributed by atoms with Crippen LogP contribution in [0.25, 0.3) is 0 Å². The van der Waals surface area contributed by atoms with E-state index in [9.17, 15) is 0 Å². The molecule has 1 unspecified atom stereocenters. The summed E-state index contributed by atoms with van der Waals surface area (Å²) < 4.78 is 5.50. The van der Waals surface area contributed by atoms with Gasteiger partial charge in [-0.05, 0) is 45.0 Å². The Hall–Kier alpha value is -1.53. The molecule has 0 spiro atoms. The lowest BCUT2D eigenvalue weighted by Crippen LogP contribution is -2.26. The second kappa shape index (κ2) is 6.27. The first-order valence-corrected chi connectivity index (χ1v) is 5.90. The number of hydrogen-bond donors (Lipinski definition) is 0. The molecular weight excluding hydrogens is 212 g/mol. The molecule has 0 saturated carbocycles. The van der Waals surface area contributed by atoms with E-state index in [1.807, 2.05) is 38.8 Å². The number of ether oxygens (including phenoxy) is 1. The van der Waals surface area contributed by atoms with Gasteiger partial charge in [0.05, 0.1) is 18.7 Å². The van der Waals surface area contributed by atoms with Gasteiger partial charge < -0.3 is 4.74 Å². The zero-order valence-electron chi connectivity index (χ0n) is 11.0. The van der Waals surface area contributed by atoms with Crippen LogP contribution >= 0.6 is 0 Å². The molecule has 0 aliphatic rings. The Morgan fingerprint density at radius 1 is 1.47 bits per heavy atom. The maximum absolute atomic E-state index is 8.84. The molecule has 3 nitrogen and oxygen atoms in total. The summed E-state index contributed by atoms with van der Waals surface area (Å²) in [7, 11) is 1.96. The molecule has 0 fully saturated rings. The van der Waals surface area contributed by atoms with Crippen LogP contribution in [0.1, 0.15) is 25.0 Å². The maximum atomic E-state index is 8.84. The zero-order valence-corrected chi connectivity index (χ0v) is 11.0. The highest BCUT2D eigenvalue weighted by atomic mass is 16.5. The topological polar surface area (TPSA) is 36.3 Å². The molecule has 1 aromatic carbocycles. The molecule has 0 bridgehead atoms. The van der Waals surface area contributed by atoms with Crippen LogP contribution in [0.2, 0.25) is 0 Å². The fourth-order valence-electron chi connectivity index (χ4n) is 1.65. The quantitative estimate of drug-likeness (QED) is 0.783. The van der Waals surface area contributed by atoms with Gasteiger partial charge in [-0.25, -0.2) is 0 Å². The summed E-state index contributed by atoms with van der Waals surface area (Å²) in [6.07, 6.45) is 0. The van der Waals surface area contributed by atoms with Gasteiger partial charge in [-0.1, -0.05) is 12.1 Å². The average Bonchev–Trinajstić information content (AvgIpc) is 2.31. The summed E-state index contributed by atoms with van der Waals surface area (Å²) in [4.78, 5) is 2.02. The smallest absolute Gasteiger partial charge is 0.122 e. The molecular formula is C14H20N2O. The molecule has 0 saturated heterocycles. The summed E-state index contributed by atoms with van der Waals surface area (Å²) in [6, 6.07) is 8.33. The Balaban J connectivity index is 2.74. The van der Waals surface area contributed by atoms with E-state index in [2.05, 4.69) is 18.2 Å². The van der Waals surface area contributed by atoms with Gasteiger partial charge in [0.25, 0.3) is 0 Å². The Morgan fingerprint density at radius 2 is 2.18 bits per heavy atom. The Kier molecular flexibility index (Phi) is 4.99. The normalized spacial score (nSPS) is 12.2. The van der Waals surface area contributed by atoms with Crippen LogP contribution < -0.4 is 4.74 Å². The van der Waals surface area contributed by atoms with E-state index >= 15 is 0 Å². The predicted molar refractivity (Wildman–Crippen MR) is 68.9 cm³/mol. The van der Waals surface area contributed by atoms with Crippen molar-refractivity contribution >= 4 is 0 Å². The van der Waals surface area contributed by atoms with Gasteiger partial charge in [0, 0.05) is 6.54 Å². The summed E-state index contributed by atoms with van der Waals surface area (Å²) in [6.45, 7) is 7.40. The highest BCUT2D eigenvalue weighted by Gasteiger charge is 2.09. The van der Waals surface area contributed by atoms with E-state index in [0.717, 1.165) is 17.9 Å². The van der Waals surface area contributed by atoms with Crippen molar-refractivity contribution in [2.45, 2.75) is 33.4 Å².